The zero-order valence-electron chi connectivity index (χ0n) is 14.2. The van der Waals surface area contributed by atoms with Gasteiger partial charge in [-0.3, -0.25) is 9.59 Å². The van der Waals surface area contributed by atoms with Crippen LogP contribution < -0.4 is 10.0 Å². The summed E-state index contributed by atoms with van der Waals surface area (Å²) in [5.74, 6) is -1.87. The fourth-order valence-electron chi connectivity index (χ4n) is 2.93. The maximum Gasteiger partial charge on any atom is 0.306 e. The molecular formula is C17H24N2O5S. The summed E-state index contributed by atoms with van der Waals surface area (Å²) in [7, 11) is -3.53. The molecule has 25 heavy (non-hydrogen) atoms. The Morgan fingerprint density at radius 3 is 2.40 bits per heavy atom. The Labute approximate surface area is 147 Å². The van der Waals surface area contributed by atoms with Crippen molar-refractivity contribution in [3.63, 3.8) is 0 Å². The van der Waals surface area contributed by atoms with Gasteiger partial charge in [-0.15, -0.1) is 0 Å². The Kier molecular flexibility index (Phi) is 6.55. The summed E-state index contributed by atoms with van der Waals surface area (Å²) in [4.78, 5) is 23.6. The van der Waals surface area contributed by atoms with Gasteiger partial charge in [0.15, 0.2) is 0 Å². The van der Waals surface area contributed by atoms with Crippen LogP contribution in [-0.2, 0) is 19.6 Å². The highest BCUT2D eigenvalue weighted by atomic mass is 32.2. The van der Waals surface area contributed by atoms with Gasteiger partial charge in [0, 0.05) is 18.2 Å². The Hall–Kier alpha value is -1.93. The average Bonchev–Trinajstić information content (AvgIpc) is 2.60. The van der Waals surface area contributed by atoms with Crippen molar-refractivity contribution in [2.45, 2.75) is 43.9 Å². The molecule has 7 nitrogen and oxygen atoms in total. The van der Waals surface area contributed by atoms with E-state index in [4.69, 9.17) is 5.11 Å². The topological polar surface area (TPSA) is 113 Å². The lowest BCUT2D eigenvalue weighted by molar-refractivity contribution is -0.143. The minimum absolute atomic E-state index is 0.141. The lowest BCUT2D eigenvalue weighted by Crippen LogP contribution is -2.31. The van der Waals surface area contributed by atoms with Crippen molar-refractivity contribution < 1.29 is 23.1 Å². The second-order valence-corrected chi connectivity index (χ2v) is 8.08. The fraction of sp³-hybridized carbons (Fsp3) is 0.529. The Balaban J connectivity index is 1.99. The molecular weight excluding hydrogens is 344 g/mol. The van der Waals surface area contributed by atoms with E-state index in [1.54, 1.807) is 0 Å². The number of amides is 1. The third kappa shape index (κ3) is 5.27. The summed E-state index contributed by atoms with van der Waals surface area (Å²) in [5, 5.41) is 11.8. The number of rotatable bonds is 7. The van der Waals surface area contributed by atoms with Gasteiger partial charge >= 0.3 is 5.97 Å². The van der Waals surface area contributed by atoms with Crippen molar-refractivity contribution in [3.8, 4) is 0 Å². The first-order chi connectivity index (χ1) is 11.8. The molecule has 8 heteroatoms. The minimum Gasteiger partial charge on any atom is -0.481 e. The second-order valence-electron chi connectivity index (χ2n) is 6.31. The van der Waals surface area contributed by atoms with E-state index in [9.17, 15) is 18.0 Å². The summed E-state index contributed by atoms with van der Waals surface area (Å²) in [6, 6.07) is 5.95. The number of carbonyl (C=O) groups excluding carboxylic acids is 1. The van der Waals surface area contributed by atoms with Crippen LogP contribution in [0.15, 0.2) is 29.2 Å². The summed E-state index contributed by atoms with van der Waals surface area (Å²) >= 11 is 0. The molecule has 138 valence electrons. The normalized spacial score (nSPS) is 20.8. The van der Waals surface area contributed by atoms with Crippen LogP contribution in [0.25, 0.3) is 0 Å². The van der Waals surface area contributed by atoms with Crippen LogP contribution >= 0.6 is 0 Å². The van der Waals surface area contributed by atoms with Gasteiger partial charge in [0.25, 0.3) is 0 Å². The summed E-state index contributed by atoms with van der Waals surface area (Å²) in [6.07, 6.45) is 3.04. The Morgan fingerprint density at radius 2 is 1.80 bits per heavy atom. The maximum atomic E-state index is 12.3. The van der Waals surface area contributed by atoms with Crippen molar-refractivity contribution >= 4 is 27.6 Å². The quantitative estimate of drug-likeness (QED) is 0.683. The van der Waals surface area contributed by atoms with E-state index >= 15 is 0 Å². The van der Waals surface area contributed by atoms with Gasteiger partial charge in [0.2, 0.25) is 15.9 Å². The van der Waals surface area contributed by atoms with Crippen molar-refractivity contribution in [2.24, 2.45) is 11.8 Å². The highest BCUT2D eigenvalue weighted by molar-refractivity contribution is 7.89. The first kappa shape index (κ1) is 19.4. The molecule has 1 aliphatic carbocycles. The van der Waals surface area contributed by atoms with E-state index in [1.807, 2.05) is 6.92 Å². The van der Waals surface area contributed by atoms with E-state index in [2.05, 4.69) is 10.0 Å². The van der Waals surface area contributed by atoms with Gasteiger partial charge in [0.05, 0.1) is 10.8 Å². The van der Waals surface area contributed by atoms with Gasteiger partial charge in [-0.05, 0) is 49.9 Å². The van der Waals surface area contributed by atoms with Gasteiger partial charge in [0.1, 0.15) is 0 Å². The van der Waals surface area contributed by atoms with Crippen LogP contribution in [0.5, 0.6) is 0 Å². The van der Waals surface area contributed by atoms with Crippen LogP contribution in [0.1, 0.15) is 39.0 Å². The Bertz CT molecular complexity index is 715. The van der Waals surface area contributed by atoms with Gasteiger partial charge in [-0.1, -0.05) is 13.3 Å². The molecule has 2 rings (SSSR count). The molecule has 2 atom stereocenters. The van der Waals surface area contributed by atoms with Crippen molar-refractivity contribution in [1.29, 1.82) is 0 Å². The number of hydrogen-bond acceptors (Lipinski definition) is 4. The summed E-state index contributed by atoms with van der Waals surface area (Å²) in [5.41, 5.74) is 0.497. The standard InChI is InChI=1S/C17H24N2O5S/c1-2-10-18-25(23,24)15-8-6-14(7-9-15)19-16(20)12-4-3-5-13(11-12)17(21)22/h6-9,12-13,18H,2-5,10-11H2,1H3,(H,19,20)(H,21,22). The summed E-state index contributed by atoms with van der Waals surface area (Å²) < 4.78 is 26.5. The zero-order chi connectivity index (χ0) is 18.4. The molecule has 0 radical (unpaired) electrons. The lowest BCUT2D eigenvalue weighted by Gasteiger charge is -2.25. The van der Waals surface area contributed by atoms with Crippen LogP contribution in [0, 0.1) is 11.8 Å². The van der Waals surface area contributed by atoms with E-state index < -0.39 is 21.9 Å². The van der Waals surface area contributed by atoms with Gasteiger partial charge in [-0.25, -0.2) is 13.1 Å². The molecule has 0 spiro atoms. The fourth-order valence-corrected chi connectivity index (χ4v) is 4.07. The number of carboxylic acids is 1. The molecule has 3 N–H and O–H groups in total. The zero-order valence-corrected chi connectivity index (χ0v) is 15.0. The molecule has 0 aromatic heterocycles. The number of nitrogens with one attached hydrogen (secondary N) is 2. The van der Waals surface area contributed by atoms with E-state index in [1.165, 1.54) is 24.3 Å². The number of anilines is 1. The Morgan fingerprint density at radius 1 is 1.16 bits per heavy atom. The van der Waals surface area contributed by atoms with Gasteiger partial charge < -0.3 is 10.4 Å². The van der Waals surface area contributed by atoms with Crippen LogP contribution in [0.4, 0.5) is 5.69 Å². The van der Waals surface area contributed by atoms with E-state index in [0.29, 0.717) is 37.9 Å². The third-order valence-corrected chi connectivity index (χ3v) is 5.85. The first-order valence-corrected chi connectivity index (χ1v) is 9.95. The van der Waals surface area contributed by atoms with Gasteiger partial charge in [-0.2, -0.15) is 0 Å². The number of carboxylic acid groups (broad SMARTS) is 1. The van der Waals surface area contributed by atoms with Crippen molar-refractivity contribution in [2.75, 3.05) is 11.9 Å². The second kappa shape index (κ2) is 8.44. The van der Waals surface area contributed by atoms with E-state index in [-0.39, 0.29) is 16.7 Å². The summed E-state index contributed by atoms with van der Waals surface area (Å²) in [6.45, 7) is 2.24. The molecule has 1 aromatic carbocycles. The van der Waals surface area contributed by atoms with E-state index in [0.717, 1.165) is 6.42 Å². The monoisotopic (exact) mass is 368 g/mol. The highest BCUT2D eigenvalue weighted by Gasteiger charge is 2.31. The number of sulfonamides is 1. The molecule has 1 fully saturated rings. The molecule has 1 aromatic rings. The predicted molar refractivity (Wildman–Crippen MR) is 93.6 cm³/mol. The van der Waals surface area contributed by atoms with Crippen LogP contribution in [0.3, 0.4) is 0 Å². The molecule has 0 heterocycles. The SMILES string of the molecule is CCCNS(=O)(=O)c1ccc(NC(=O)C2CCCC(C(=O)O)C2)cc1. The molecule has 0 saturated heterocycles. The number of carbonyl (C=O) groups is 2. The molecule has 2 unspecified atom stereocenters. The molecule has 1 aliphatic rings. The average molecular weight is 368 g/mol. The molecule has 1 amide bonds. The largest absolute Gasteiger partial charge is 0.481 e. The number of aliphatic carboxylic acids is 1. The van der Waals surface area contributed by atoms with Crippen LogP contribution in [-0.4, -0.2) is 31.9 Å². The van der Waals surface area contributed by atoms with Crippen molar-refractivity contribution in [3.05, 3.63) is 24.3 Å². The first-order valence-electron chi connectivity index (χ1n) is 8.47. The predicted octanol–water partition coefficient (Wildman–Crippen LogP) is 2.20. The molecule has 0 bridgehead atoms. The van der Waals surface area contributed by atoms with Crippen molar-refractivity contribution in [1.82, 2.24) is 4.72 Å². The minimum atomic E-state index is -3.53. The lowest BCUT2D eigenvalue weighted by atomic mass is 9.81. The number of benzene rings is 1. The third-order valence-electron chi connectivity index (χ3n) is 4.37. The number of hydrogen-bond donors (Lipinski definition) is 3. The highest BCUT2D eigenvalue weighted by Crippen LogP contribution is 2.30. The molecule has 1 saturated carbocycles. The molecule has 0 aliphatic heterocycles. The maximum absolute atomic E-state index is 12.3. The van der Waals surface area contributed by atoms with Crippen LogP contribution in [0.2, 0.25) is 0 Å². The smallest absolute Gasteiger partial charge is 0.306 e.